The summed E-state index contributed by atoms with van der Waals surface area (Å²) in [6.07, 6.45) is 2.37. The monoisotopic (exact) mass is 293 g/mol. The number of hydrazone groups is 1. The zero-order chi connectivity index (χ0) is 15.1. The standard InChI is InChI=1S/C19H23N3/c1-14(20-22-12-10-21(2)11-13-22)17-9-8-16-7-6-15-4-3-5-18(17)19(15)16/h3-5,8-9H,6-7,10-13H2,1-2H3/b20-14+. The van der Waals surface area contributed by atoms with Gasteiger partial charge < -0.3 is 4.90 Å². The summed E-state index contributed by atoms with van der Waals surface area (Å²) in [5.74, 6) is 0. The minimum Gasteiger partial charge on any atom is -0.303 e. The van der Waals surface area contributed by atoms with Crippen LogP contribution in [0.4, 0.5) is 0 Å². The molecule has 3 nitrogen and oxygen atoms in total. The molecule has 1 aliphatic heterocycles. The summed E-state index contributed by atoms with van der Waals surface area (Å²) in [5.41, 5.74) is 5.44. The van der Waals surface area contributed by atoms with E-state index < -0.39 is 0 Å². The Hall–Kier alpha value is -1.87. The van der Waals surface area contributed by atoms with Crippen molar-refractivity contribution in [2.45, 2.75) is 19.8 Å². The second-order valence-electron chi connectivity index (χ2n) is 6.55. The molecular formula is C19H23N3. The van der Waals surface area contributed by atoms with Crippen LogP contribution in [0.1, 0.15) is 23.6 Å². The second-order valence-corrected chi connectivity index (χ2v) is 6.55. The molecule has 0 N–H and O–H groups in total. The van der Waals surface area contributed by atoms with Crippen molar-refractivity contribution in [3.63, 3.8) is 0 Å². The van der Waals surface area contributed by atoms with E-state index in [0.29, 0.717) is 0 Å². The summed E-state index contributed by atoms with van der Waals surface area (Å²) in [5, 5.41) is 9.97. The maximum Gasteiger partial charge on any atom is 0.0652 e. The van der Waals surface area contributed by atoms with Gasteiger partial charge in [-0.15, -0.1) is 0 Å². The molecule has 1 fully saturated rings. The molecule has 0 aromatic heterocycles. The van der Waals surface area contributed by atoms with Crippen molar-refractivity contribution >= 4 is 16.5 Å². The fourth-order valence-corrected chi connectivity index (χ4v) is 3.72. The van der Waals surface area contributed by atoms with Crippen molar-refractivity contribution in [3.8, 4) is 0 Å². The lowest BCUT2D eigenvalue weighted by atomic mass is 9.98. The zero-order valence-corrected chi connectivity index (χ0v) is 13.5. The molecule has 4 rings (SSSR count). The van der Waals surface area contributed by atoms with Crippen LogP contribution in [0.3, 0.4) is 0 Å². The lowest BCUT2D eigenvalue weighted by molar-refractivity contribution is 0.159. The Kier molecular flexibility index (Phi) is 3.38. The molecule has 1 aliphatic carbocycles. The Balaban J connectivity index is 1.72. The molecule has 0 amide bonds. The fraction of sp³-hybridized carbons (Fsp3) is 0.421. The van der Waals surface area contributed by atoms with Gasteiger partial charge in [-0.05, 0) is 48.7 Å². The second kappa shape index (κ2) is 5.40. The maximum absolute atomic E-state index is 4.89. The third-order valence-electron chi connectivity index (χ3n) is 5.04. The number of likely N-dealkylation sites (N-methyl/N-ethyl adjacent to an activating group) is 1. The lowest BCUT2D eigenvalue weighted by Gasteiger charge is -2.30. The van der Waals surface area contributed by atoms with E-state index in [9.17, 15) is 0 Å². The largest absolute Gasteiger partial charge is 0.303 e. The Labute approximate surface area is 132 Å². The summed E-state index contributed by atoms with van der Waals surface area (Å²) in [4.78, 5) is 2.36. The van der Waals surface area contributed by atoms with E-state index in [1.54, 1.807) is 0 Å². The predicted octanol–water partition coefficient (Wildman–Crippen LogP) is 2.91. The average molecular weight is 293 g/mol. The van der Waals surface area contributed by atoms with Gasteiger partial charge in [0, 0.05) is 31.7 Å². The molecule has 0 radical (unpaired) electrons. The van der Waals surface area contributed by atoms with Crippen LogP contribution in [0.5, 0.6) is 0 Å². The van der Waals surface area contributed by atoms with Gasteiger partial charge in [-0.1, -0.05) is 30.3 Å². The van der Waals surface area contributed by atoms with Gasteiger partial charge >= 0.3 is 0 Å². The third kappa shape index (κ3) is 2.30. The summed E-state index contributed by atoms with van der Waals surface area (Å²) in [6.45, 7) is 6.39. The molecule has 2 aromatic carbocycles. The van der Waals surface area contributed by atoms with Crippen molar-refractivity contribution in [2.75, 3.05) is 33.2 Å². The van der Waals surface area contributed by atoms with Gasteiger partial charge in [-0.3, -0.25) is 5.01 Å². The summed E-state index contributed by atoms with van der Waals surface area (Å²) in [6, 6.07) is 11.3. The van der Waals surface area contributed by atoms with Crippen LogP contribution in [-0.2, 0) is 12.8 Å². The highest BCUT2D eigenvalue weighted by atomic mass is 15.5. The predicted molar refractivity (Wildman–Crippen MR) is 92.6 cm³/mol. The van der Waals surface area contributed by atoms with E-state index in [2.05, 4.69) is 54.2 Å². The molecule has 0 unspecified atom stereocenters. The van der Waals surface area contributed by atoms with Crippen molar-refractivity contribution in [2.24, 2.45) is 5.10 Å². The van der Waals surface area contributed by atoms with Crippen molar-refractivity contribution in [1.29, 1.82) is 0 Å². The normalized spacial score (nSPS) is 19.2. The molecule has 1 heterocycles. The molecule has 0 saturated carbocycles. The van der Waals surface area contributed by atoms with Crippen LogP contribution < -0.4 is 0 Å². The van der Waals surface area contributed by atoms with Gasteiger partial charge in [0.1, 0.15) is 0 Å². The number of hydrogen-bond acceptors (Lipinski definition) is 3. The number of rotatable bonds is 2. The number of benzene rings is 2. The van der Waals surface area contributed by atoms with Crippen LogP contribution in [0.25, 0.3) is 10.8 Å². The molecule has 0 bridgehead atoms. The van der Waals surface area contributed by atoms with Gasteiger partial charge in [-0.25, -0.2) is 0 Å². The maximum atomic E-state index is 4.89. The molecule has 2 aliphatic rings. The van der Waals surface area contributed by atoms with Crippen LogP contribution in [-0.4, -0.2) is 48.8 Å². The smallest absolute Gasteiger partial charge is 0.0652 e. The topological polar surface area (TPSA) is 18.8 Å². The quantitative estimate of drug-likeness (QED) is 0.793. The van der Waals surface area contributed by atoms with E-state index in [1.807, 2.05) is 0 Å². The number of hydrogen-bond donors (Lipinski definition) is 0. The Morgan fingerprint density at radius 1 is 0.955 bits per heavy atom. The van der Waals surface area contributed by atoms with Crippen molar-refractivity contribution in [3.05, 3.63) is 47.0 Å². The molecule has 1 saturated heterocycles. The van der Waals surface area contributed by atoms with Crippen LogP contribution >= 0.6 is 0 Å². The van der Waals surface area contributed by atoms with E-state index >= 15 is 0 Å². The zero-order valence-electron chi connectivity index (χ0n) is 13.5. The molecule has 2 aromatic rings. The van der Waals surface area contributed by atoms with E-state index in [0.717, 1.165) is 31.9 Å². The molecule has 22 heavy (non-hydrogen) atoms. The van der Waals surface area contributed by atoms with Crippen LogP contribution in [0.2, 0.25) is 0 Å². The molecule has 0 atom stereocenters. The highest BCUT2D eigenvalue weighted by Crippen LogP contribution is 2.33. The first kappa shape index (κ1) is 13.8. The van der Waals surface area contributed by atoms with Crippen molar-refractivity contribution < 1.29 is 0 Å². The average Bonchev–Trinajstić information content (AvgIpc) is 2.95. The highest BCUT2D eigenvalue weighted by molar-refractivity contribution is 6.11. The number of piperazine rings is 1. The fourth-order valence-electron chi connectivity index (χ4n) is 3.72. The molecular weight excluding hydrogens is 270 g/mol. The minimum absolute atomic E-state index is 1.02. The lowest BCUT2D eigenvalue weighted by Crippen LogP contribution is -2.42. The summed E-state index contributed by atoms with van der Waals surface area (Å²) < 4.78 is 0. The Morgan fingerprint density at radius 3 is 2.45 bits per heavy atom. The molecule has 0 spiro atoms. The summed E-state index contributed by atoms with van der Waals surface area (Å²) >= 11 is 0. The minimum atomic E-state index is 1.02. The van der Waals surface area contributed by atoms with Gasteiger partial charge in [-0.2, -0.15) is 5.10 Å². The summed E-state index contributed by atoms with van der Waals surface area (Å²) in [7, 11) is 2.18. The SMILES string of the molecule is C/C(=N\N1CCN(C)CC1)c1ccc2c3c(cccc13)CC2. The molecule has 114 valence electrons. The number of aryl methyl sites for hydroxylation is 2. The molecule has 3 heteroatoms. The van der Waals surface area contributed by atoms with Crippen LogP contribution in [0.15, 0.2) is 35.4 Å². The Bertz CT molecular complexity index is 729. The first-order valence-corrected chi connectivity index (χ1v) is 8.25. The van der Waals surface area contributed by atoms with Crippen LogP contribution in [0, 0.1) is 0 Å². The van der Waals surface area contributed by atoms with Gasteiger partial charge in [0.2, 0.25) is 0 Å². The van der Waals surface area contributed by atoms with E-state index in [4.69, 9.17) is 5.10 Å². The first-order chi connectivity index (χ1) is 10.7. The number of nitrogens with zero attached hydrogens (tertiary/aromatic N) is 3. The van der Waals surface area contributed by atoms with Crippen molar-refractivity contribution in [1.82, 2.24) is 9.91 Å². The van der Waals surface area contributed by atoms with E-state index in [1.165, 1.54) is 40.3 Å². The van der Waals surface area contributed by atoms with E-state index in [-0.39, 0.29) is 0 Å². The van der Waals surface area contributed by atoms with Gasteiger partial charge in [0.25, 0.3) is 0 Å². The van der Waals surface area contributed by atoms with Gasteiger partial charge in [0.15, 0.2) is 0 Å². The highest BCUT2D eigenvalue weighted by Gasteiger charge is 2.17. The first-order valence-electron chi connectivity index (χ1n) is 8.25. The third-order valence-corrected chi connectivity index (χ3v) is 5.04. The van der Waals surface area contributed by atoms with Gasteiger partial charge in [0.05, 0.1) is 5.71 Å². The Morgan fingerprint density at radius 2 is 1.68 bits per heavy atom.